The van der Waals surface area contributed by atoms with Crippen LogP contribution in [0.3, 0.4) is 0 Å². The Morgan fingerprint density at radius 2 is 2.10 bits per heavy atom. The van der Waals surface area contributed by atoms with Crippen molar-refractivity contribution in [2.45, 2.75) is 31.3 Å². The molecule has 1 saturated heterocycles. The number of anilines is 1. The lowest BCUT2D eigenvalue weighted by atomic mass is 10.2. The number of hydrogen-bond donors (Lipinski definition) is 1. The zero-order valence-corrected chi connectivity index (χ0v) is 12.3. The van der Waals surface area contributed by atoms with Crippen molar-refractivity contribution >= 4 is 23.6 Å². The van der Waals surface area contributed by atoms with E-state index in [1.807, 2.05) is 13.8 Å². The molecule has 1 fully saturated rings. The Hall–Kier alpha value is -1.51. The summed E-state index contributed by atoms with van der Waals surface area (Å²) in [6, 6.07) is 1.57. The molecule has 0 aromatic carbocycles. The molecular formula is C12H15F3N4OS. The topological polar surface area (TPSA) is 58.1 Å². The van der Waals surface area contributed by atoms with E-state index in [9.17, 15) is 18.0 Å². The van der Waals surface area contributed by atoms with E-state index in [0.29, 0.717) is 11.8 Å². The van der Waals surface area contributed by atoms with Gasteiger partial charge in [-0.25, -0.2) is 4.79 Å². The minimum atomic E-state index is -4.54. The number of hydrogen-bond acceptors (Lipinski definition) is 4. The van der Waals surface area contributed by atoms with Crippen molar-refractivity contribution in [2.75, 3.05) is 17.6 Å². The zero-order valence-electron chi connectivity index (χ0n) is 11.5. The van der Waals surface area contributed by atoms with E-state index in [1.165, 1.54) is 0 Å². The molecule has 9 heteroatoms. The Morgan fingerprint density at radius 1 is 1.38 bits per heavy atom. The van der Waals surface area contributed by atoms with Gasteiger partial charge >= 0.3 is 12.2 Å². The molecule has 0 unspecified atom stereocenters. The minimum Gasteiger partial charge on any atom is -0.320 e. The number of aromatic nitrogens is 2. The van der Waals surface area contributed by atoms with Gasteiger partial charge in [0, 0.05) is 23.6 Å². The average Bonchev–Trinajstić information content (AvgIpc) is 2.41. The molecule has 2 atom stereocenters. The van der Waals surface area contributed by atoms with Crippen molar-refractivity contribution in [1.82, 2.24) is 15.1 Å². The third kappa shape index (κ3) is 3.78. The highest BCUT2D eigenvalue weighted by Crippen LogP contribution is 2.27. The summed E-state index contributed by atoms with van der Waals surface area (Å²) in [5.41, 5.74) is -1.09. The molecule has 1 N–H and O–H groups in total. The normalized spacial score (nSPS) is 23.0. The van der Waals surface area contributed by atoms with Crippen LogP contribution < -0.4 is 5.32 Å². The SMILES string of the molecule is C[C@@H]1SCCN(C(=O)Nc2ccc(C(F)(F)F)nn2)[C@H]1C. The van der Waals surface area contributed by atoms with Crippen LogP contribution in [0.2, 0.25) is 0 Å². The molecule has 2 heterocycles. The summed E-state index contributed by atoms with van der Waals surface area (Å²) in [7, 11) is 0. The number of amides is 2. The molecule has 21 heavy (non-hydrogen) atoms. The number of alkyl halides is 3. The molecule has 116 valence electrons. The summed E-state index contributed by atoms with van der Waals surface area (Å²) in [6.07, 6.45) is -4.54. The molecule has 0 radical (unpaired) electrons. The number of rotatable bonds is 1. The first-order valence-corrected chi connectivity index (χ1v) is 7.44. The van der Waals surface area contributed by atoms with Gasteiger partial charge in [0.05, 0.1) is 0 Å². The minimum absolute atomic E-state index is 0.00563. The van der Waals surface area contributed by atoms with Crippen LogP contribution in [0.5, 0.6) is 0 Å². The van der Waals surface area contributed by atoms with Crippen LogP contribution in [-0.2, 0) is 6.18 Å². The van der Waals surface area contributed by atoms with Gasteiger partial charge in [-0.1, -0.05) is 6.92 Å². The number of thioether (sulfide) groups is 1. The first-order valence-electron chi connectivity index (χ1n) is 6.39. The molecule has 2 rings (SSSR count). The number of carbonyl (C=O) groups is 1. The van der Waals surface area contributed by atoms with E-state index in [1.54, 1.807) is 16.7 Å². The average molecular weight is 320 g/mol. The van der Waals surface area contributed by atoms with E-state index < -0.39 is 11.9 Å². The number of nitrogens with zero attached hydrogens (tertiary/aromatic N) is 3. The Kier molecular flexibility index (Phi) is 4.60. The monoisotopic (exact) mass is 320 g/mol. The van der Waals surface area contributed by atoms with Crippen LogP contribution in [-0.4, -0.2) is 44.7 Å². The van der Waals surface area contributed by atoms with Crippen molar-refractivity contribution in [1.29, 1.82) is 0 Å². The zero-order chi connectivity index (χ0) is 15.6. The summed E-state index contributed by atoms with van der Waals surface area (Å²) < 4.78 is 37.1. The second-order valence-corrected chi connectivity index (χ2v) is 6.23. The van der Waals surface area contributed by atoms with Gasteiger partial charge in [-0.05, 0) is 19.1 Å². The van der Waals surface area contributed by atoms with Crippen LogP contribution in [0.4, 0.5) is 23.8 Å². The van der Waals surface area contributed by atoms with E-state index in [0.717, 1.165) is 17.9 Å². The Balaban J connectivity index is 2.02. The van der Waals surface area contributed by atoms with Gasteiger partial charge < -0.3 is 4.90 Å². The number of carbonyl (C=O) groups excluding carboxylic acids is 1. The largest absolute Gasteiger partial charge is 0.435 e. The molecule has 0 bridgehead atoms. The van der Waals surface area contributed by atoms with Gasteiger partial charge in [0.25, 0.3) is 0 Å². The fourth-order valence-corrected chi connectivity index (χ4v) is 3.05. The highest BCUT2D eigenvalue weighted by atomic mass is 32.2. The molecule has 0 aliphatic carbocycles. The second kappa shape index (κ2) is 6.08. The first-order chi connectivity index (χ1) is 9.79. The maximum absolute atomic E-state index is 12.4. The number of nitrogens with one attached hydrogen (secondary N) is 1. The van der Waals surface area contributed by atoms with Crippen LogP contribution in [0.25, 0.3) is 0 Å². The molecule has 1 aliphatic heterocycles. The van der Waals surface area contributed by atoms with Gasteiger partial charge in [-0.15, -0.1) is 10.2 Å². The van der Waals surface area contributed by atoms with Crippen molar-refractivity contribution in [2.24, 2.45) is 0 Å². The highest BCUT2D eigenvalue weighted by Gasteiger charge is 2.33. The quantitative estimate of drug-likeness (QED) is 0.864. The van der Waals surface area contributed by atoms with Gasteiger partial charge in [0.15, 0.2) is 11.5 Å². The molecule has 1 aliphatic rings. The van der Waals surface area contributed by atoms with Gasteiger partial charge in [-0.2, -0.15) is 24.9 Å². The molecule has 1 aromatic rings. The predicted molar refractivity (Wildman–Crippen MR) is 74.1 cm³/mol. The van der Waals surface area contributed by atoms with Crippen LogP contribution in [0.15, 0.2) is 12.1 Å². The van der Waals surface area contributed by atoms with Gasteiger partial charge in [0.2, 0.25) is 0 Å². The first kappa shape index (κ1) is 15.9. The van der Waals surface area contributed by atoms with Crippen LogP contribution in [0, 0.1) is 0 Å². The van der Waals surface area contributed by atoms with Crippen LogP contribution in [0.1, 0.15) is 19.5 Å². The summed E-state index contributed by atoms with van der Waals surface area (Å²) in [5.74, 6) is 0.837. The summed E-state index contributed by atoms with van der Waals surface area (Å²) in [4.78, 5) is 13.8. The highest BCUT2D eigenvalue weighted by molar-refractivity contribution is 8.00. The maximum atomic E-state index is 12.4. The molecule has 5 nitrogen and oxygen atoms in total. The van der Waals surface area contributed by atoms with Gasteiger partial charge in [0.1, 0.15) is 0 Å². The lowest BCUT2D eigenvalue weighted by Crippen LogP contribution is -2.49. The third-order valence-corrected chi connectivity index (χ3v) is 4.67. The Bertz CT molecular complexity index is 508. The number of urea groups is 1. The van der Waals surface area contributed by atoms with Gasteiger partial charge in [-0.3, -0.25) is 5.32 Å². The summed E-state index contributed by atoms with van der Waals surface area (Å²) in [5, 5.41) is 9.25. The molecular weight excluding hydrogens is 305 g/mol. The Labute approximate surface area is 124 Å². The summed E-state index contributed by atoms with van der Waals surface area (Å²) in [6.45, 7) is 4.57. The molecule has 0 spiro atoms. The fourth-order valence-electron chi connectivity index (χ4n) is 1.95. The number of halogens is 3. The summed E-state index contributed by atoms with van der Waals surface area (Å²) >= 11 is 1.78. The fraction of sp³-hybridized carbons (Fsp3) is 0.583. The molecule has 2 amide bonds. The second-order valence-electron chi connectivity index (χ2n) is 4.74. The van der Waals surface area contributed by atoms with Crippen molar-refractivity contribution in [3.8, 4) is 0 Å². The molecule has 1 aromatic heterocycles. The lowest BCUT2D eigenvalue weighted by Gasteiger charge is -2.37. The third-order valence-electron chi connectivity index (χ3n) is 3.33. The smallest absolute Gasteiger partial charge is 0.320 e. The van der Waals surface area contributed by atoms with E-state index in [4.69, 9.17) is 0 Å². The lowest BCUT2D eigenvalue weighted by molar-refractivity contribution is -0.141. The van der Waals surface area contributed by atoms with Crippen molar-refractivity contribution < 1.29 is 18.0 Å². The predicted octanol–water partition coefficient (Wildman–Crippen LogP) is 2.85. The van der Waals surface area contributed by atoms with Crippen molar-refractivity contribution in [3.63, 3.8) is 0 Å². The Morgan fingerprint density at radius 3 is 2.67 bits per heavy atom. The van der Waals surface area contributed by atoms with Crippen molar-refractivity contribution in [3.05, 3.63) is 17.8 Å². The maximum Gasteiger partial charge on any atom is 0.435 e. The van der Waals surface area contributed by atoms with Crippen LogP contribution >= 0.6 is 11.8 Å². The molecule has 0 saturated carbocycles. The standard InChI is InChI=1S/C12H15F3N4OS/c1-7-8(2)21-6-5-19(7)11(20)16-10-4-3-9(17-18-10)12(13,14)15/h3-4,7-8H,5-6H2,1-2H3,(H,16,18,20)/t7-,8-/m0/s1. The van der Waals surface area contributed by atoms with E-state index in [-0.39, 0.29) is 17.9 Å². The van der Waals surface area contributed by atoms with E-state index >= 15 is 0 Å². The van der Waals surface area contributed by atoms with E-state index in [2.05, 4.69) is 15.5 Å².